The standard InChI is InChI=1S/C12H16Br2FN/c1-2-16(7-3-6-13)9-10-4-5-12(15)11(14)8-10/h4-5,8H,2-3,6-7,9H2,1H3. The number of alkyl halides is 1. The van der Waals surface area contributed by atoms with Crippen LogP contribution >= 0.6 is 31.9 Å². The van der Waals surface area contributed by atoms with Gasteiger partial charge in [-0.1, -0.05) is 28.9 Å². The lowest BCUT2D eigenvalue weighted by Crippen LogP contribution is -2.24. The van der Waals surface area contributed by atoms with Crippen LogP contribution in [0.25, 0.3) is 0 Å². The predicted molar refractivity (Wildman–Crippen MR) is 73.5 cm³/mol. The van der Waals surface area contributed by atoms with E-state index in [-0.39, 0.29) is 5.82 Å². The Balaban J connectivity index is 2.59. The molecule has 0 atom stereocenters. The van der Waals surface area contributed by atoms with E-state index in [1.165, 1.54) is 6.07 Å². The van der Waals surface area contributed by atoms with Crippen LogP contribution in [0.2, 0.25) is 0 Å². The van der Waals surface area contributed by atoms with Gasteiger partial charge in [-0.05, 0) is 53.1 Å². The largest absolute Gasteiger partial charge is 0.299 e. The van der Waals surface area contributed by atoms with Crippen molar-refractivity contribution in [3.8, 4) is 0 Å². The lowest BCUT2D eigenvalue weighted by molar-refractivity contribution is 0.281. The van der Waals surface area contributed by atoms with Gasteiger partial charge < -0.3 is 0 Å². The summed E-state index contributed by atoms with van der Waals surface area (Å²) in [5.41, 5.74) is 1.14. The Labute approximate surface area is 113 Å². The van der Waals surface area contributed by atoms with Crippen LogP contribution in [-0.4, -0.2) is 23.3 Å². The molecule has 0 heterocycles. The average Bonchev–Trinajstić information content (AvgIpc) is 2.29. The summed E-state index contributed by atoms with van der Waals surface area (Å²) in [4.78, 5) is 2.35. The van der Waals surface area contributed by atoms with Crippen LogP contribution in [0.4, 0.5) is 4.39 Å². The van der Waals surface area contributed by atoms with Crippen LogP contribution in [0.5, 0.6) is 0 Å². The number of nitrogens with zero attached hydrogens (tertiary/aromatic N) is 1. The van der Waals surface area contributed by atoms with Crippen molar-refractivity contribution in [3.05, 3.63) is 34.1 Å². The first-order valence-corrected chi connectivity index (χ1v) is 7.31. The smallest absolute Gasteiger partial charge is 0.137 e. The second-order valence-corrected chi connectivity index (χ2v) is 5.31. The molecule has 0 N–H and O–H groups in total. The van der Waals surface area contributed by atoms with Crippen molar-refractivity contribution in [3.63, 3.8) is 0 Å². The van der Waals surface area contributed by atoms with Crippen molar-refractivity contribution in [1.29, 1.82) is 0 Å². The molecular weight excluding hydrogens is 337 g/mol. The van der Waals surface area contributed by atoms with Gasteiger partial charge in [-0.15, -0.1) is 0 Å². The molecule has 1 rings (SSSR count). The first-order valence-electron chi connectivity index (χ1n) is 5.39. The summed E-state index contributed by atoms with van der Waals surface area (Å²) in [7, 11) is 0. The van der Waals surface area contributed by atoms with Crippen LogP contribution in [-0.2, 0) is 6.54 Å². The summed E-state index contributed by atoms with van der Waals surface area (Å²) in [6.45, 7) is 5.11. The van der Waals surface area contributed by atoms with E-state index in [2.05, 4.69) is 43.7 Å². The summed E-state index contributed by atoms with van der Waals surface area (Å²) in [6, 6.07) is 5.21. The molecule has 1 aromatic carbocycles. The molecule has 90 valence electrons. The zero-order chi connectivity index (χ0) is 12.0. The van der Waals surface area contributed by atoms with Crippen LogP contribution in [0, 0.1) is 5.82 Å². The predicted octanol–water partition coefficient (Wildman–Crippen LogP) is 4.20. The van der Waals surface area contributed by atoms with Gasteiger partial charge in [0.05, 0.1) is 4.47 Å². The molecule has 0 fully saturated rings. The molecule has 0 bridgehead atoms. The van der Waals surface area contributed by atoms with E-state index in [0.29, 0.717) is 4.47 Å². The van der Waals surface area contributed by atoms with Gasteiger partial charge >= 0.3 is 0 Å². The Hall–Kier alpha value is 0.0700. The van der Waals surface area contributed by atoms with Crippen molar-refractivity contribution < 1.29 is 4.39 Å². The lowest BCUT2D eigenvalue weighted by atomic mass is 10.2. The van der Waals surface area contributed by atoms with Crippen molar-refractivity contribution >= 4 is 31.9 Å². The van der Waals surface area contributed by atoms with Gasteiger partial charge in [0.2, 0.25) is 0 Å². The number of hydrogen-bond donors (Lipinski definition) is 0. The van der Waals surface area contributed by atoms with E-state index in [1.54, 1.807) is 0 Å². The lowest BCUT2D eigenvalue weighted by Gasteiger charge is -2.20. The second kappa shape index (κ2) is 7.41. The SMILES string of the molecule is CCN(CCCBr)Cc1ccc(F)c(Br)c1. The molecule has 0 aliphatic carbocycles. The second-order valence-electron chi connectivity index (χ2n) is 3.66. The van der Waals surface area contributed by atoms with Crippen molar-refractivity contribution in [1.82, 2.24) is 4.90 Å². The average molecular weight is 353 g/mol. The zero-order valence-electron chi connectivity index (χ0n) is 9.35. The summed E-state index contributed by atoms with van der Waals surface area (Å²) < 4.78 is 13.6. The molecule has 16 heavy (non-hydrogen) atoms. The molecule has 0 aliphatic heterocycles. The third-order valence-corrected chi connectivity index (χ3v) is 3.61. The zero-order valence-corrected chi connectivity index (χ0v) is 12.5. The normalized spacial score (nSPS) is 11.1. The molecule has 1 aromatic rings. The molecule has 0 aliphatic rings. The van der Waals surface area contributed by atoms with Crippen LogP contribution in [0.15, 0.2) is 22.7 Å². The van der Waals surface area contributed by atoms with Crippen LogP contribution in [0.1, 0.15) is 18.9 Å². The Kier molecular flexibility index (Phi) is 6.54. The molecule has 4 heteroatoms. The Morgan fingerprint density at radius 3 is 2.69 bits per heavy atom. The quantitative estimate of drug-likeness (QED) is 0.693. The summed E-state index contributed by atoms with van der Waals surface area (Å²) in [6.07, 6.45) is 1.14. The highest BCUT2D eigenvalue weighted by Crippen LogP contribution is 2.18. The minimum absolute atomic E-state index is 0.202. The summed E-state index contributed by atoms with van der Waals surface area (Å²) in [5, 5.41) is 1.02. The number of halogens is 3. The molecule has 0 aromatic heterocycles. The topological polar surface area (TPSA) is 3.24 Å². The van der Waals surface area contributed by atoms with E-state index < -0.39 is 0 Å². The maximum Gasteiger partial charge on any atom is 0.137 e. The maximum atomic E-state index is 13.1. The maximum absolute atomic E-state index is 13.1. The molecule has 0 unspecified atom stereocenters. The van der Waals surface area contributed by atoms with E-state index in [0.717, 1.165) is 36.9 Å². The summed E-state index contributed by atoms with van der Waals surface area (Å²) >= 11 is 6.64. The minimum atomic E-state index is -0.202. The van der Waals surface area contributed by atoms with Crippen LogP contribution in [0.3, 0.4) is 0 Å². The molecule has 0 spiro atoms. The van der Waals surface area contributed by atoms with Gasteiger partial charge in [-0.25, -0.2) is 4.39 Å². The van der Waals surface area contributed by atoms with E-state index in [4.69, 9.17) is 0 Å². The molecule has 0 saturated carbocycles. The van der Waals surface area contributed by atoms with Crippen molar-refractivity contribution in [2.45, 2.75) is 19.9 Å². The van der Waals surface area contributed by atoms with Gasteiger partial charge in [0.1, 0.15) is 5.82 Å². The number of rotatable bonds is 6. The highest BCUT2D eigenvalue weighted by Gasteiger charge is 2.05. The van der Waals surface area contributed by atoms with E-state index in [1.807, 2.05) is 12.1 Å². The molecule has 0 amide bonds. The molecule has 0 radical (unpaired) electrons. The molecule has 0 saturated heterocycles. The first-order chi connectivity index (χ1) is 7.67. The molecular formula is C12H16Br2FN. The fraction of sp³-hybridized carbons (Fsp3) is 0.500. The van der Waals surface area contributed by atoms with E-state index in [9.17, 15) is 4.39 Å². The minimum Gasteiger partial charge on any atom is -0.299 e. The Bertz CT molecular complexity index is 331. The Morgan fingerprint density at radius 1 is 1.38 bits per heavy atom. The third kappa shape index (κ3) is 4.52. The van der Waals surface area contributed by atoms with Crippen molar-refractivity contribution in [2.24, 2.45) is 0 Å². The molecule has 1 nitrogen and oxygen atoms in total. The van der Waals surface area contributed by atoms with Gasteiger partial charge in [0.15, 0.2) is 0 Å². The number of benzene rings is 1. The highest BCUT2D eigenvalue weighted by molar-refractivity contribution is 9.10. The monoisotopic (exact) mass is 351 g/mol. The Morgan fingerprint density at radius 2 is 2.12 bits per heavy atom. The van der Waals surface area contributed by atoms with Crippen LogP contribution < -0.4 is 0 Å². The first kappa shape index (κ1) is 14.1. The van der Waals surface area contributed by atoms with Gasteiger partial charge in [-0.3, -0.25) is 4.90 Å². The fourth-order valence-corrected chi connectivity index (χ4v) is 2.21. The van der Waals surface area contributed by atoms with E-state index >= 15 is 0 Å². The number of hydrogen-bond acceptors (Lipinski definition) is 1. The van der Waals surface area contributed by atoms with Gasteiger partial charge in [0, 0.05) is 11.9 Å². The van der Waals surface area contributed by atoms with Gasteiger partial charge in [0.25, 0.3) is 0 Å². The van der Waals surface area contributed by atoms with Crippen molar-refractivity contribution in [2.75, 3.05) is 18.4 Å². The summed E-state index contributed by atoms with van der Waals surface area (Å²) in [5.74, 6) is -0.202. The van der Waals surface area contributed by atoms with Gasteiger partial charge in [-0.2, -0.15) is 0 Å². The third-order valence-electron chi connectivity index (χ3n) is 2.45. The fourth-order valence-electron chi connectivity index (χ4n) is 1.53. The highest BCUT2D eigenvalue weighted by atomic mass is 79.9.